The molecule has 0 radical (unpaired) electrons. The van der Waals surface area contributed by atoms with Crippen molar-refractivity contribution in [2.45, 2.75) is 12.8 Å². The summed E-state index contributed by atoms with van der Waals surface area (Å²) < 4.78 is 5.43. The maximum absolute atomic E-state index is 12.8. The lowest BCUT2D eigenvalue weighted by molar-refractivity contribution is -0.143. The molecule has 1 amide bonds. The van der Waals surface area contributed by atoms with E-state index in [4.69, 9.17) is 4.74 Å². The average molecular weight is 339 g/mol. The third kappa shape index (κ3) is 3.65. The van der Waals surface area contributed by atoms with Crippen LogP contribution in [-0.2, 0) is 4.79 Å². The van der Waals surface area contributed by atoms with Crippen molar-refractivity contribution in [3.8, 4) is 16.9 Å². The molecule has 1 aliphatic rings. The summed E-state index contributed by atoms with van der Waals surface area (Å²) in [5, 5.41) is 9.21. The van der Waals surface area contributed by atoms with E-state index in [-0.39, 0.29) is 12.5 Å². The average Bonchev–Trinajstić information content (AvgIpc) is 2.67. The summed E-state index contributed by atoms with van der Waals surface area (Å²) in [5.41, 5.74) is 2.36. The number of amides is 1. The second-order valence-electron chi connectivity index (χ2n) is 6.21. The number of carbonyl (C=O) groups excluding carboxylic acids is 1. The van der Waals surface area contributed by atoms with Gasteiger partial charge in [0.2, 0.25) is 0 Å². The van der Waals surface area contributed by atoms with Crippen LogP contribution in [0.1, 0.15) is 23.2 Å². The molecule has 130 valence electrons. The molecule has 5 nitrogen and oxygen atoms in total. The summed E-state index contributed by atoms with van der Waals surface area (Å²) in [6.07, 6.45) is 1.33. The number of likely N-dealkylation sites (tertiary alicyclic amines) is 1. The van der Waals surface area contributed by atoms with Gasteiger partial charge in [0, 0.05) is 24.2 Å². The highest BCUT2D eigenvalue weighted by molar-refractivity contribution is 5.96. The Morgan fingerprint density at radius 1 is 1.16 bits per heavy atom. The third-order valence-corrected chi connectivity index (χ3v) is 4.59. The van der Waals surface area contributed by atoms with Gasteiger partial charge in [0.1, 0.15) is 5.75 Å². The lowest BCUT2D eigenvalue weighted by Gasteiger charge is -2.31. The maximum atomic E-state index is 12.8. The Balaban J connectivity index is 1.90. The summed E-state index contributed by atoms with van der Waals surface area (Å²) in [7, 11) is 1.60. The van der Waals surface area contributed by atoms with Gasteiger partial charge in [-0.15, -0.1) is 0 Å². The van der Waals surface area contributed by atoms with E-state index in [2.05, 4.69) is 0 Å². The van der Waals surface area contributed by atoms with E-state index < -0.39 is 11.9 Å². The number of carboxylic acid groups (broad SMARTS) is 1. The van der Waals surface area contributed by atoms with Crippen molar-refractivity contribution in [1.29, 1.82) is 0 Å². The Morgan fingerprint density at radius 3 is 2.60 bits per heavy atom. The number of carboxylic acids is 1. The second kappa shape index (κ2) is 7.38. The van der Waals surface area contributed by atoms with Gasteiger partial charge in [0.05, 0.1) is 13.0 Å². The fraction of sp³-hybridized carbons (Fsp3) is 0.300. The van der Waals surface area contributed by atoms with Crippen molar-refractivity contribution in [2.24, 2.45) is 5.92 Å². The molecule has 0 saturated carbocycles. The SMILES string of the molecule is COc1ccc(C(=O)N2CCC[C@@H](C(=O)O)C2)cc1-c1ccccc1. The molecule has 1 fully saturated rings. The van der Waals surface area contributed by atoms with E-state index in [1.165, 1.54) is 0 Å². The van der Waals surface area contributed by atoms with Gasteiger partial charge in [-0.25, -0.2) is 0 Å². The zero-order valence-electron chi connectivity index (χ0n) is 14.1. The van der Waals surface area contributed by atoms with E-state index in [1.807, 2.05) is 36.4 Å². The molecule has 1 aliphatic heterocycles. The quantitative estimate of drug-likeness (QED) is 0.928. The normalized spacial score (nSPS) is 17.2. The zero-order chi connectivity index (χ0) is 17.8. The minimum Gasteiger partial charge on any atom is -0.496 e. The molecule has 1 saturated heterocycles. The van der Waals surface area contributed by atoms with Crippen molar-refractivity contribution in [2.75, 3.05) is 20.2 Å². The fourth-order valence-corrected chi connectivity index (χ4v) is 3.23. The molecule has 0 unspecified atom stereocenters. The molecule has 0 aromatic heterocycles. The maximum Gasteiger partial charge on any atom is 0.308 e. The highest BCUT2D eigenvalue weighted by Crippen LogP contribution is 2.31. The first-order chi connectivity index (χ1) is 12.1. The van der Waals surface area contributed by atoms with Crippen LogP contribution < -0.4 is 4.74 Å². The van der Waals surface area contributed by atoms with Crippen LogP contribution in [0.4, 0.5) is 0 Å². The standard InChI is InChI=1S/C20H21NO4/c1-25-18-10-9-15(12-17(18)14-6-3-2-4-7-14)19(22)21-11-5-8-16(13-21)20(23)24/h2-4,6-7,9-10,12,16H,5,8,11,13H2,1H3,(H,23,24)/t16-/m1/s1. The van der Waals surface area contributed by atoms with E-state index in [0.717, 1.165) is 11.1 Å². The summed E-state index contributed by atoms with van der Waals surface area (Å²) in [6.45, 7) is 0.857. The molecule has 25 heavy (non-hydrogen) atoms. The predicted molar refractivity (Wildman–Crippen MR) is 94.7 cm³/mol. The summed E-state index contributed by atoms with van der Waals surface area (Å²) in [4.78, 5) is 25.7. The Kier molecular flexibility index (Phi) is 5.03. The number of hydrogen-bond donors (Lipinski definition) is 1. The number of rotatable bonds is 4. The molecule has 1 atom stereocenters. The molecular formula is C20H21NO4. The number of nitrogens with zero attached hydrogens (tertiary/aromatic N) is 1. The number of aliphatic carboxylic acids is 1. The smallest absolute Gasteiger partial charge is 0.308 e. The molecule has 3 rings (SSSR count). The lowest BCUT2D eigenvalue weighted by atomic mass is 9.96. The van der Waals surface area contributed by atoms with E-state index in [1.54, 1.807) is 24.1 Å². The van der Waals surface area contributed by atoms with Crippen LogP contribution in [0.3, 0.4) is 0 Å². The molecule has 2 aromatic carbocycles. The second-order valence-corrected chi connectivity index (χ2v) is 6.21. The minimum absolute atomic E-state index is 0.134. The zero-order valence-corrected chi connectivity index (χ0v) is 14.1. The summed E-state index contributed by atoms with van der Waals surface area (Å²) in [5.74, 6) is -0.752. The minimum atomic E-state index is -0.836. The monoisotopic (exact) mass is 339 g/mol. The van der Waals surface area contributed by atoms with Crippen molar-refractivity contribution in [3.05, 3.63) is 54.1 Å². The van der Waals surface area contributed by atoms with Crippen molar-refractivity contribution < 1.29 is 19.4 Å². The Hall–Kier alpha value is -2.82. The lowest BCUT2D eigenvalue weighted by Crippen LogP contribution is -2.42. The van der Waals surface area contributed by atoms with Crippen LogP contribution >= 0.6 is 0 Å². The Bertz CT molecular complexity index is 773. The summed E-state index contributed by atoms with van der Waals surface area (Å²) in [6, 6.07) is 15.1. The molecular weight excluding hydrogens is 318 g/mol. The molecule has 5 heteroatoms. The number of methoxy groups -OCH3 is 1. The predicted octanol–water partition coefficient (Wildman–Crippen LogP) is 3.30. The highest BCUT2D eigenvalue weighted by atomic mass is 16.5. The van der Waals surface area contributed by atoms with Gasteiger partial charge >= 0.3 is 5.97 Å². The van der Waals surface area contributed by atoms with Gasteiger partial charge in [-0.3, -0.25) is 9.59 Å². The van der Waals surface area contributed by atoms with Gasteiger partial charge in [0.25, 0.3) is 5.91 Å². The van der Waals surface area contributed by atoms with Crippen LogP contribution in [0.5, 0.6) is 5.75 Å². The van der Waals surface area contributed by atoms with Crippen LogP contribution in [0.15, 0.2) is 48.5 Å². The number of carbonyl (C=O) groups is 2. The van der Waals surface area contributed by atoms with Gasteiger partial charge < -0.3 is 14.7 Å². The van der Waals surface area contributed by atoms with E-state index in [9.17, 15) is 14.7 Å². The van der Waals surface area contributed by atoms with Crippen LogP contribution in [-0.4, -0.2) is 42.1 Å². The number of piperidine rings is 1. The van der Waals surface area contributed by atoms with Crippen LogP contribution in [0.2, 0.25) is 0 Å². The molecule has 0 bridgehead atoms. The Labute approximate surface area is 146 Å². The number of hydrogen-bond acceptors (Lipinski definition) is 3. The van der Waals surface area contributed by atoms with Crippen molar-refractivity contribution in [1.82, 2.24) is 4.90 Å². The third-order valence-electron chi connectivity index (χ3n) is 4.59. The summed E-state index contributed by atoms with van der Waals surface area (Å²) >= 11 is 0. The first kappa shape index (κ1) is 17.0. The number of ether oxygens (including phenoxy) is 1. The van der Waals surface area contributed by atoms with Gasteiger partial charge in [-0.1, -0.05) is 30.3 Å². The molecule has 1 N–H and O–H groups in total. The fourth-order valence-electron chi connectivity index (χ4n) is 3.23. The van der Waals surface area contributed by atoms with E-state index in [0.29, 0.717) is 30.7 Å². The first-order valence-electron chi connectivity index (χ1n) is 8.35. The van der Waals surface area contributed by atoms with Gasteiger partial charge in [-0.05, 0) is 36.6 Å². The van der Waals surface area contributed by atoms with Crippen LogP contribution in [0, 0.1) is 5.92 Å². The van der Waals surface area contributed by atoms with Gasteiger partial charge in [0.15, 0.2) is 0 Å². The van der Waals surface area contributed by atoms with Crippen molar-refractivity contribution in [3.63, 3.8) is 0 Å². The highest BCUT2D eigenvalue weighted by Gasteiger charge is 2.29. The molecule has 1 heterocycles. The number of benzene rings is 2. The molecule has 2 aromatic rings. The molecule has 0 spiro atoms. The Morgan fingerprint density at radius 2 is 1.92 bits per heavy atom. The largest absolute Gasteiger partial charge is 0.496 e. The van der Waals surface area contributed by atoms with E-state index >= 15 is 0 Å². The molecule has 0 aliphatic carbocycles. The first-order valence-corrected chi connectivity index (χ1v) is 8.35. The van der Waals surface area contributed by atoms with Gasteiger partial charge in [-0.2, -0.15) is 0 Å². The topological polar surface area (TPSA) is 66.8 Å². The van der Waals surface area contributed by atoms with Crippen LogP contribution in [0.25, 0.3) is 11.1 Å². The van der Waals surface area contributed by atoms with Crippen molar-refractivity contribution >= 4 is 11.9 Å².